The first kappa shape index (κ1) is 42.8. The Morgan fingerprint density at radius 2 is 1.66 bits per heavy atom. The van der Waals surface area contributed by atoms with Gasteiger partial charge in [-0.25, -0.2) is 14.6 Å². The molecular formula is C48H54N6O7. The molecule has 6 N–H and O–H groups in total. The van der Waals surface area contributed by atoms with E-state index in [0.717, 1.165) is 55.5 Å². The summed E-state index contributed by atoms with van der Waals surface area (Å²) in [6, 6.07) is 7.20. The maximum atomic E-state index is 13.5. The summed E-state index contributed by atoms with van der Waals surface area (Å²) >= 11 is 0. The summed E-state index contributed by atoms with van der Waals surface area (Å²) in [7, 11) is 0. The zero-order valence-electron chi connectivity index (χ0n) is 35.6. The maximum absolute atomic E-state index is 13.5. The first-order valence-electron chi connectivity index (χ1n) is 21.0. The van der Waals surface area contributed by atoms with Gasteiger partial charge in [-0.15, -0.1) is 0 Å². The highest BCUT2D eigenvalue weighted by atomic mass is 16.4. The number of aromatic carboxylic acids is 1. The van der Waals surface area contributed by atoms with Crippen molar-refractivity contribution >= 4 is 71.2 Å². The number of rotatable bonds is 15. The number of allylic oxidation sites excluding steroid dienone is 3. The van der Waals surface area contributed by atoms with Crippen LogP contribution in [0.4, 0.5) is 0 Å². The number of aromatic nitrogens is 2. The number of aliphatic carboxylic acids is 2. The third-order valence-electron chi connectivity index (χ3n) is 12.6. The van der Waals surface area contributed by atoms with Crippen LogP contribution >= 0.6 is 0 Å². The van der Waals surface area contributed by atoms with Crippen LogP contribution in [0.1, 0.15) is 115 Å². The molecule has 6 bridgehead atoms. The molecule has 2 aromatic heterocycles. The number of nitrogens with two attached hydrogens (primary N) is 1. The third kappa shape index (κ3) is 8.14. The Balaban J connectivity index is 1.50. The number of nitrogens with zero attached hydrogens (tertiary/aromatic N) is 4. The monoisotopic (exact) mass is 826 g/mol. The molecule has 0 saturated carbocycles. The van der Waals surface area contributed by atoms with Crippen molar-refractivity contribution in [2.75, 3.05) is 6.54 Å². The number of amides is 1. The van der Waals surface area contributed by atoms with E-state index in [1.54, 1.807) is 6.92 Å². The standard InChI is InChI=1S/C48H54N6O7/c1-7-31-26(3)36-22-41-32(16-15-30-13-11-25(2)12-14-30)28(5)39-21-37-27(4)33(17-18-42(55)51-35(47(58)59)10-8-9-19-49)45(52-37)34(20-43(56)57)46-44(48(60)61)29(6)40(23-38(31)50-36)54(46)24-53(39)41/h11-16,21-23,27,33,35H,7-10,17-20,24,49H2,1-6H3,(H,51,55)(H,56,57)(H,58,59)(H,60,61)/b16-15+,36-22?,37-21?,38-23?,39-21?,40-23?,41-22?,45-34?,46-34?/t27-,33-,35-/m0/s1. The average Bonchev–Trinajstić information content (AvgIpc) is 3.86. The lowest BCUT2D eigenvalue weighted by molar-refractivity contribution is -0.142. The molecule has 6 heterocycles. The van der Waals surface area contributed by atoms with E-state index < -0.39 is 42.2 Å². The molecule has 13 heteroatoms. The van der Waals surface area contributed by atoms with Crippen LogP contribution in [0.3, 0.4) is 0 Å². The Hall–Kier alpha value is -6.34. The van der Waals surface area contributed by atoms with E-state index in [2.05, 4.69) is 73.1 Å². The van der Waals surface area contributed by atoms with Crippen molar-refractivity contribution in [3.8, 4) is 0 Å². The molecule has 3 atom stereocenters. The number of carboxylic acids is 3. The topological polar surface area (TPSA) is 202 Å². The van der Waals surface area contributed by atoms with Gasteiger partial charge in [0.2, 0.25) is 5.91 Å². The van der Waals surface area contributed by atoms with Crippen molar-refractivity contribution in [1.29, 1.82) is 0 Å². The first-order chi connectivity index (χ1) is 29.1. The summed E-state index contributed by atoms with van der Waals surface area (Å²) < 4.78 is 4.06. The SMILES string of the molecule is CCC1=C(C)C2=NC1=Cc1c(C)c(C(=O)O)c3n1Cn1c(c(C)c(/C=C/c4ccc(C)cc4)c1=C2)=CC1=NC(=C3CC(=O)O)[C@@H](CCC(=O)N[C@@H](CCCCN)C(=O)O)[C@@H]1C. The second kappa shape index (κ2) is 17.3. The molecule has 13 nitrogen and oxygen atoms in total. The Bertz CT molecular complexity index is 2680. The van der Waals surface area contributed by atoms with Gasteiger partial charge in [-0.1, -0.05) is 55.8 Å². The van der Waals surface area contributed by atoms with Crippen molar-refractivity contribution < 1.29 is 34.5 Å². The summed E-state index contributed by atoms with van der Waals surface area (Å²) in [6.45, 7) is 12.5. The lowest BCUT2D eigenvalue weighted by atomic mass is 9.83. The lowest BCUT2D eigenvalue weighted by Gasteiger charge is -2.22. The molecule has 4 aliphatic rings. The molecule has 0 fully saturated rings. The molecule has 1 amide bonds. The van der Waals surface area contributed by atoms with E-state index in [4.69, 9.17) is 15.7 Å². The number of carboxylic acid groups (broad SMARTS) is 3. The number of fused-ring (bicyclic) bond motifs is 2. The van der Waals surface area contributed by atoms with Crippen LogP contribution < -0.4 is 21.7 Å². The highest BCUT2D eigenvalue weighted by molar-refractivity contribution is 6.23. The van der Waals surface area contributed by atoms with Crippen LogP contribution in [-0.2, 0) is 21.1 Å². The van der Waals surface area contributed by atoms with E-state index in [1.807, 2.05) is 30.6 Å². The number of nitrogens with one attached hydrogen (secondary N) is 1. The summed E-state index contributed by atoms with van der Waals surface area (Å²) in [4.78, 5) is 62.3. The number of benzene rings is 1. The third-order valence-corrected chi connectivity index (χ3v) is 12.6. The second-order valence-corrected chi connectivity index (χ2v) is 16.5. The zero-order valence-corrected chi connectivity index (χ0v) is 35.6. The fraction of sp³-hybridized carbons (Fsp3) is 0.375. The molecule has 0 aliphatic carbocycles. The van der Waals surface area contributed by atoms with Gasteiger partial charge in [0.1, 0.15) is 12.7 Å². The Labute approximate surface area is 354 Å². The fourth-order valence-electron chi connectivity index (χ4n) is 9.27. The number of carbonyl (C=O) groups is 4. The predicted molar refractivity (Wildman–Crippen MR) is 238 cm³/mol. The summed E-state index contributed by atoms with van der Waals surface area (Å²) in [5.41, 5.74) is 15.9. The largest absolute Gasteiger partial charge is 0.481 e. The predicted octanol–water partition coefficient (Wildman–Crippen LogP) is 6.07. The van der Waals surface area contributed by atoms with Gasteiger partial charge < -0.3 is 35.5 Å². The molecule has 0 spiro atoms. The minimum atomic E-state index is -1.20. The van der Waals surface area contributed by atoms with Crippen molar-refractivity contribution in [3.05, 3.63) is 102 Å². The molecule has 0 saturated heterocycles. The maximum Gasteiger partial charge on any atom is 0.338 e. The summed E-state index contributed by atoms with van der Waals surface area (Å²) in [5, 5.41) is 35.8. The number of hydrogen-bond acceptors (Lipinski definition) is 7. The van der Waals surface area contributed by atoms with Gasteiger partial charge in [-0.3, -0.25) is 14.6 Å². The van der Waals surface area contributed by atoms with Crippen LogP contribution in [0.5, 0.6) is 0 Å². The van der Waals surface area contributed by atoms with Crippen LogP contribution in [0.25, 0.3) is 36.0 Å². The molecule has 0 unspecified atom stereocenters. The zero-order chi connectivity index (χ0) is 43.9. The molecule has 1 aromatic carbocycles. The Morgan fingerprint density at radius 3 is 2.31 bits per heavy atom. The number of aliphatic imine (C=N–C) groups is 2. The highest BCUT2D eigenvalue weighted by Crippen LogP contribution is 2.44. The van der Waals surface area contributed by atoms with Gasteiger partial charge >= 0.3 is 17.9 Å². The van der Waals surface area contributed by atoms with Crippen LogP contribution in [0.15, 0.2) is 56.8 Å². The number of carbonyl (C=O) groups excluding carboxylic acids is 1. The average molecular weight is 827 g/mol. The van der Waals surface area contributed by atoms with E-state index in [9.17, 15) is 34.5 Å². The van der Waals surface area contributed by atoms with Gasteiger partial charge in [0.25, 0.3) is 0 Å². The molecule has 61 heavy (non-hydrogen) atoms. The molecule has 4 aliphatic heterocycles. The summed E-state index contributed by atoms with van der Waals surface area (Å²) in [5.74, 6) is -4.76. The van der Waals surface area contributed by atoms with Crippen molar-refractivity contribution in [1.82, 2.24) is 14.5 Å². The Morgan fingerprint density at radius 1 is 0.918 bits per heavy atom. The normalized spacial score (nSPS) is 18.3. The van der Waals surface area contributed by atoms with Gasteiger partial charge in [-0.2, -0.15) is 0 Å². The van der Waals surface area contributed by atoms with Gasteiger partial charge in [0.15, 0.2) is 0 Å². The van der Waals surface area contributed by atoms with E-state index in [-0.39, 0.29) is 48.7 Å². The number of unbranched alkanes of at least 4 members (excludes halogenated alkanes) is 1. The van der Waals surface area contributed by atoms with E-state index in [1.165, 1.54) is 0 Å². The minimum absolute atomic E-state index is 0.0228. The van der Waals surface area contributed by atoms with Crippen molar-refractivity contribution in [3.63, 3.8) is 0 Å². The van der Waals surface area contributed by atoms with Gasteiger partial charge in [-0.05, 0) is 112 Å². The van der Waals surface area contributed by atoms with Crippen LogP contribution in [0, 0.1) is 32.6 Å². The number of hydrogen-bond donors (Lipinski definition) is 5. The second-order valence-electron chi connectivity index (χ2n) is 16.5. The molecule has 0 radical (unpaired) electrons. The van der Waals surface area contributed by atoms with E-state index in [0.29, 0.717) is 48.5 Å². The van der Waals surface area contributed by atoms with Crippen LogP contribution in [-0.4, -0.2) is 72.3 Å². The lowest BCUT2D eigenvalue weighted by Crippen LogP contribution is -2.41. The molecule has 318 valence electrons. The molecule has 3 aromatic rings. The fourth-order valence-corrected chi connectivity index (χ4v) is 9.27. The summed E-state index contributed by atoms with van der Waals surface area (Å²) in [6.07, 6.45) is 12.0. The molecule has 7 rings (SSSR count). The minimum Gasteiger partial charge on any atom is -0.481 e. The first-order valence-corrected chi connectivity index (χ1v) is 21.0. The quantitative estimate of drug-likeness (QED) is 0.114. The number of aryl methyl sites for hydroxylation is 1. The van der Waals surface area contributed by atoms with Crippen molar-refractivity contribution in [2.45, 2.75) is 99.2 Å². The van der Waals surface area contributed by atoms with Gasteiger partial charge in [0.05, 0.1) is 40.1 Å². The highest BCUT2D eigenvalue weighted by Gasteiger charge is 2.39. The molecular weight excluding hydrogens is 773 g/mol. The smallest absolute Gasteiger partial charge is 0.338 e. The van der Waals surface area contributed by atoms with Crippen molar-refractivity contribution in [2.24, 2.45) is 27.6 Å². The van der Waals surface area contributed by atoms with E-state index >= 15 is 0 Å². The van der Waals surface area contributed by atoms with Crippen LogP contribution in [0.2, 0.25) is 0 Å². The Kier molecular flexibility index (Phi) is 12.2. The van der Waals surface area contributed by atoms with Gasteiger partial charge in [0, 0.05) is 46.1 Å².